The van der Waals surface area contributed by atoms with Gasteiger partial charge >= 0.3 is 0 Å². The van der Waals surface area contributed by atoms with Crippen molar-refractivity contribution in [2.24, 2.45) is 23.7 Å². The molecule has 0 aromatic carbocycles. The SMILES string of the molecule is C1CC2CC[C-]1C2.C1CC2CC[C-]1C2.C1CC2CC[C-]1C2.C1CC2CC[C-]1C2.[Co]. The summed E-state index contributed by atoms with van der Waals surface area (Å²) in [5.74, 6) is 12.0. The fourth-order valence-electron chi connectivity index (χ4n) is 7.61. The molecule has 0 heterocycles. The van der Waals surface area contributed by atoms with Gasteiger partial charge in [0, 0.05) is 16.8 Å². The minimum Gasteiger partial charge on any atom is -0.313 e. The molecule has 8 saturated carbocycles. The molecule has 0 N–H and O–H groups in total. The van der Waals surface area contributed by atoms with Crippen LogP contribution in [-0.4, -0.2) is 0 Å². The second-order valence-electron chi connectivity index (χ2n) is 11.6. The number of rotatable bonds is 0. The van der Waals surface area contributed by atoms with E-state index in [9.17, 15) is 0 Å². The first-order chi connectivity index (χ1) is 13.8. The molecule has 0 atom stereocenters. The largest absolute Gasteiger partial charge is 0.313 e. The van der Waals surface area contributed by atoms with E-state index in [0.29, 0.717) is 0 Å². The topological polar surface area (TPSA) is 0 Å². The van der Waals surface area contributed by atoms with Gasteiger partial charge in [0.05, 0.1) is 0 Å². The Morgan fingerprint density at radius 2 is 0.483 bits per heavy atom. The van der Waals surface area contributed by atoms with Crippen LogP contribution in [-0.2, 0) is 16.8 Å². The Bertz CT molecular complexity index is 327. The molecule has 0 aromatic heterocycles. The van der Waals surface area contributed by atoms with Crippen LogP contribution in [0.3, 0.4) is 0 Å². The molecular formula is C28H44Co-4. The molecule has 29 heavy (non-hydrogen) atoms. The fourth-order valence-corrected chi connectivity index (χ4v) is 7.61. The Hall–Kier alpha value is 0.506. The average Bonchev–Trinajstić information content (AvgIpc) is 3.63. The van der Waals surface area contributed by atoms with E-state index < -0.39 is 0 Å². The first-order valence-corrected chi connectivity index (χ1v) is 13.1. The van der Waals surface area contributed by atoms with Gasteiger partial charge in [-0.05, 0) is 0 Å². The van der Waals surface area contributed by atoms with Gasteiger partial charge in [-0.15, -0.1) is 0 Å². The third kappa shape index (κ3) is 6.27. The van der Waals surface area contributed by atoms with Crippen LogP contribution in [0.15, 0.2) is 0 Å². The number of hydrogen-bond donors (Lipinski definition) is 0. The van der Waals surface area contributed by atoms with Crippen molar-refractivity contribution >= 4 is 0 Å². The summed E-state index contributed by atoms with van der Waals surface area (Å²) >= 11 is 0. The molecule has 0 aliphatic heterocycles. The second kappa shape index (κ2) is 10.9. The molecule has 8 aliphatic carbocycles. The van der Waals surface area contributed by atoms with Crippen LogP contribution in [0.5, 0.6) is 0 Å². The predicted molar refractivity (Wildman–Crippen MR) is 119 cm³/mol. The van der Waals surface area contributed by atoms with Gasteiger partial charge in [-0.2, -0.15) is 77.0 Å². The third-order valence-electron chi connectivity index (χ3n) is 9.56. The molecule has 8 aliphatic rings. The predicted octanol–water partition coefficient (Wildman–Crippen LogP) is 8.62. The minimum atomic E-state index is 0. The van der Waals surface area contributed by atoms with Crippen molar-refractivity contribution in [3.63, 3.8) is 0 Å². The summed E-state index contributed by atoms with van der Waals surface area (Å²) in [5.41, 5.74) is 0. The minimum absolute atomic E-state index is 0. The van der Waals surface area contributed by atoms with Gasteiger partial charge in [0.1, 0.15) is 0 Å². The summed E-state index contributed by atoms with van der Waals surface area (Å²) in [6, 6.07) is 0. The maximum atomic E-state index is 1.87. The Balaban J connectivity index is 0.0000000931. The van der Waals surface area contributed by atoms with E-state index in [4.69, 9.17) is 0 Å². The molecule has 0 nitrogen and oxygen atoms in total. The van der Waals surface area contributed by atoms with E-state index in [1.165, 1.54) is 128 Å². The van der Waals surface area contributed by atoms with Crippen molar-refractivity contribution in [2.75, 3.05) is 0 Å². The quantitative estimate of drug-likeness (QED) is 0.331. The Labute approximate surface area is 192 Å². The van der Waals surface area contributed by atoms with Gasteiger partial charge in [0.2, 0.25) is 0 Å². The molecule has 0 spiro atoms. The van der Waals surface area contributed by atoms with Crippen molar-refractivity contribution in [1.82, 2.24) is 0 Å². The van der Waals surface area contributed by atoms with Crippen LogP contribution in [0.1, 0.15) is 128 Å². The van der Waals surface area contributed by atoms with Crippen molar-refractivity contribution < 1.29 is 16.8 Å². The first-order valence-electron chi connectivity index (χ1n) is 13.1. The summed E-state index contributed by atoms with van der Waals surface area (Å²) in [5, 5.41) is 0. The van der Waals surface area contributed by atoms with Gasteiger partial charge in [-0.1, -0.05) is 75.0 Å². The van der Waals surface area contributed by atoms with Gasteiger partial charge in [-0.3, -0.25) is 0 Å². The van der Waals surface area contributed by atoms with Gasteiger partial charge < -0.3 is 23.7 Å². The van der Waals surface area contributed by atoms with Gasteiger partial charge in [-0.25, -0.2) is 0 Å². The summed E-state index contributed by atoms with van der Waals surface area (Å²) in [6.07, 6.45) is 30.0. The Morgan fingerprint density at radius 1 is 0.310 bits per heavy atom. The molecule has 169 valence electrons. The van der Waals surface area contributed by atoms with Crippen molar-refractivity contribution in [1.29, 1.82) is 0 Å². The maximum absolute atomic E-state index is 1.87. The summed E-state index contributed by atoms with van der Waals surface area (Å²) in [7, 11) is 0. The van der Waals surface area contributed by atoms with Crippen LogP contribution < -0.4 is 0 Å². The van der Waals surface area contributed by atoms with E-state index in [1.807, 2.05) is 23.7 Å². The van der Waals surface area contributed by atoms with Crippen LogP contribution in [0.4, 0.5) is 0 Å². The summed E-state index contributed by atoms with van der Waals surface area (Å²) in [6.45, 7) is 0. The van der Waals surface area contributed by atoms with Gasteiger partial charge in [0.15, 0.2) is 0 Å². The van der Waals surface area contributed by atoms with E-state index >= 15 is 0 Å². The molecule has 1 radical (unpaired) electrons. The summed E-state index contributed by atoms with van der Waals surface area (Å²) < 4.78 is 0. The molecule has 8 bridgehead atoms. The molecule has 1 heteroatoms. The number of hydrogen-bond acceptors (Lipinski definition) is 0. The zero-order valence-corrected chi connectivity index (χ0v) is 19.8. The van der Waals surface area contributed by atoms with Crippen LogP contribution >= 0.6 is 0 Å². The van der Waals surface area contributed by atoms with E-state index in [0.717, 1.165) is 23.7 Å². The van der Waals surface area contributed by atoms with Crippen molar-refractivity contribution in [3.05, 3.63) is 23.7 Å². The van der Waals surface area contributed by atoms with E-state index in [-0.39, 0.29) is 16.8 Å². The molecule has 8 fully saturated rings. The standard InChI is InChI=1S/4C7H11.Co/c4*1-2-7-4-3-6(1)5-7;/h4*6H,1-5H2;/q4*-1;. The third-order valence-corrected chi connectivity index (χ3v) is 9.56. The molecule has 0 aromatic rings. The monoisotopic (exact) mass is 439 g/mol. The normalized spacial score (nSPS) is 31.4. The Kier molecular flexibility index (Phi) is 8.52. The van der Waals surface area contributed by atoms with E-state index in [1.54, 1.807) is 0 Å². The molecule has 0 saturated heterocycles. The van der Waals surface area contributed by atoms with Gasteiger partial charge in [0.25, 0.3) is 0 Å². The maximum Gasteiger partial charge on any atom is 0 e. The molecule has 8 rings (SSSR count). The zero-order valence-electron chi connectivity index (χ0n) is 18.8. The van der Waals surface area contributed by atoms with Crippen molar-refractivity contribution in [2.45, 2.75) is 128 Å². The van der Waals surface area contributed by atoms with Crippen molar-refractivity contribution in [3.8, 4) is 0 Å². The molecule has 0 amide bonds. The van der Waals surface area contributed by atoms with Crippen LogP contribution in [0.25, 0.3) is 0 Å². The van der Waals surface area contributed by atoms with Crippen LogP contribution in [0, 0.1) is 47.3 Å². The first kappa shape index (κ1) is 22.7. The zero-order chi connectivity index (χ0) is 18.8. The second-order valence-corrected chi connectivity index (χ2v) is 11.6. The van der Waals surface area contributed by atoms with Crippen LogP contribution in [0.2, 0.25) is 0 Å². The Morgan fingerprint density at radius 3 is 0.517 bits per heavy atom. The number of fused-ring (bicyclic) bond motifs is 8. The smallest absolute Gasteiger partial charge is 0 e. The van der Waals surface area contributed by atoms with E-state index in [2.05, 4.69) is 0 Å². The molecule has 0 unspecified atom stereocenters. The summed E-state index contributed by atoms with van der Waals surface area (Å²) in [4.78, 5) is 0. The molecular weight excluding hydrogens is 395 g/mol. The average molecular weight is 440 g/mol. The fraction of sp³-hybridized carbons (Fsp3) is 0.857.